The Balaban J connectivity index is 1.11. The molecule has 0 fully saturated rings. The maximum absolute atomic E-state index is 6.77. The van der Waals surface area contributed by atoms with Gasteiger partial charge in [0.25, 0.3) is 0 Å². The first-order valence-electron chi connectivity index (χ1n) is 16.7. The molecule has 0 amide bonds. The van der Waals surface area contributed by atoms with E-state index in [2.05, 4.69) is 168 Å². The van der Waals surface area contributed by atoms with Crippen molar-refractivity contribution in [3.63, 3.8) is 0 Å². The molecule has 49 heavy (non-hydrogen) atoms. The zero-order valence-electron chi connectivity index (χ0n) is 26.4. The van der Waals surface area contributed by atoms with Crippen molar-refractivity contribution in [1.82, 2.24) is 4.57 Å². The van der Waals surface area contributed by atoms with Crippen LogP contribution in [-0.2, 0) is 0 Å². The van der Waals surface area contributed by atoms with Gasteiger partial charge in [-0.1, -0.05) is 133 Å². The second-order valence-electron chi connectivity index (χ2n) is 12.8. The summed E-state index contributed by atoms with van der Waals surface area (Å²) in [6, 6.07) is 59.3. The third-order valence-corrected chi connectivity index (χ3v) is 11.4. The van der Waals surface area contributed by atoms with Crippen LogP contribution >= 0.6 is 11.3 Å². The molecule has 0 N–H and O–H groups in total. The summed E-state index contributed by atoms with van der Waals surface area (Å²) in [5.41, 5.74) is 10.1. The van der Waals surface area contributed by atoms with Gasteiger partial charge in [-0.15, -0.1) is 11.3 Å². The minimum absolute atomic E-state index is 0.909. The van der Waals surface area contributed by atoms with Gasteiger partial charge in [0.05, 0.1) is 11.0 Å². The largest absolute Gasteiger partial charge is 0.454 e. The van der Waals surface area contributed by atoms with Crippen LogP contribution in [0.4, 0.5) is 0 Å². The lowest BCUT2D eigenvalue weighted by Gasteiger charge is -2.12. The number of para-hydroxylation sites is 2. The molecule has 0 saturated carbocycles. The molecule has 228 valence electrons. The van der Waals surface area contributed by atoms with E-state index in [1.807, 2.05) is 11.3 Å². The Morgan fingerprint density at radius 3 is 1.96 bits per heavy atom. The molecule has 2 nitrogen and oxygen atoms in total. The number of hydrogen-bond acceptors (Lipinski definition) is 2. The zero-order chi connectivity index (χ0) is 32.1. The Labute approximate surface area is 285 Å². The molecule has 8 aromatic carbocycles. The van der Waals surface area contributed by atoms with E-state index in [4.69, 9.17) is 4.42 Å². The van der Waals surface area contributed by atoms with Gasteiger partial charge in [-0.2, -0.15) is 0 Å². The standard InChI is InChI=1S/C46H27NOS/c1-2-15-35-34(14-1)42-37-16-3-6-20-39(37)47(44(42)45-43(35)38-17-4-7-21-40(38)48-45)31-12-9-11-30(27-31)28-23-25-29(26-24-28)32-18-10-19-36-33-13-5-8-22-41(33)49-46(32)36/h1-27H. The lowest BCUT2D eigenvalue weighted by Crippen LogP contribution is -1.95. The van der Waals surface area contributed by atoms with Crippen molar-refractivity contribution in [3.8, 4) is 27.9 Å². The molecule has 0 bridgehead atoms. The van der Waals surface area contributed by atoms with Crippen LogP contribution in [0.1, 0.15) is 0 Å². The molecule has 11 aromatic rings. The van der Waals surface area contributed by atoms with Gasteiger partial charge in [0.15, 0.2) is 5.58 Å². The van der Waals surface area contributed by atoms with Crippen molar-refractivity contribution >= 4 is 86.0 Å². The van der Waals surface area contributed by atoms with Crippen LogP contribution < -0.4 is 0 Å². The maximum atomic E-state index is 6.77. The molecule has 0 radical (unpaired) electrons. The number of benzene rings is 8. The number of fused-ring (bicyclic) bond motifs is 13. The third-order valence-electron chi connectivity index (χ3n) is 10.2. The molecule has 0 atom stereocenters. The van der Waals surface area contributed by atoms with Crippen molar-refractivity contribution in [3.05, 3.63) is 164 Å². The van der Waals surface area contributed by atoms with E-state index in [0.717, 1.165) is 27.8 Å². The summed E-state index contributed by atoms with van der Waals surface area (Å²) in [7, 11) is 0. The van der Waals surface area contributed by atoms with Crippen molar-refractivity contribution in [2.24, 2.45) is 0 Å². The molecular formula is C46H27NOS. The molecular weight excluding hydrogens is 615 g/mol. The summed E-state index contributed by atoms with van der Waals surface area (Å²) in [5.74, 6) is 0. The monoisotopic (exact) mass is 641 g/mol. The number of thiophene rings is 1. The highest BCUT2D eigenvalue weighted by atomic mass is 32.1. The lowest BCUT2D eigenvalue weighted by molar-refractivity contribution is 0.671. The van der Waals surface area contributed by atoms with E-state index >= 15 is 0 Å². The van der Waals surface area contributed by atoms with Gasteiger partial charge in [0.1, 0.15) is 5.58 Å². The van der Waals surface area contributed by atoms with E-state index in [1.165, 1.54) is 74.9 Å². The Kier molecular flexibility index (Phi) is 5.57. The Morgan fingerprint density at radius 1 is 0.449 bits per heavy atom. The van der Waals surface area contributed by atoms with Crippen LogP contribution in [0.5, 0.6) is 0 Å². The van der Waals surface area contributed by atoms with Gasteiger partial charge < -0.3 is 8.98 Å². The highest BCUT2D eigenvalue weighted by Crippen LogP contribution is 2.46. The summed E-state index contributed by atoms with van der Waals surface area (Å²) in [6.07, 6.45) is 0. The van der Waals surface area contributed by atoms with E-state index in [0.29, 0.717) is 0 Å². The molecule has 0 aliphatic rings. The predicted molar refractivity (Wildman–Crippen MR) is 209 cm³/mol. The first kappa shape index (κ1) is 26.9. The summed E-state index contributed by atoms with van der Waals surface area (Å²) >= 11 is 1.88. The molecule has 0 saturated heterocycles. The maximum Gasteiger partial charge on any atom is 0.160 e. The van der Waals surface area contributed by atoms with Gasteiger partial charge in [-0.3, -0.25) is 0 Å². The van der Waals surface area contributed by atoms with Crippen molar-refractivity contribution in [1.29, 1.82) is 0 Å². The number of aromatic nitrogens is 1. The lowest BCUT2D eigenvalue weighted by atomic mass is 9.98. The first-order chi connectivity index (χ1) is 24.3. The molecule has 0 unspecified atom stereocenters. The zero-order valence-corrected chi connectivity index (χ0v) is 27.2. The second-order valence-corrected chi connectivity index (χ2v) is 13.9. The Bertz CT molecular complexity index is 3100. The van der Waals surface area contributed by atoms with Gasteiger partial charge >= 0.3 is 0 Å². The van der Waals surface area contributed by atoms with Crippen LogP contribution in [0.15, 0.2) is 168 Å². The number of nitrogens with zero attached hydrogens (tertiary/aromatic N) is 1. The minimum atomic E-state index is 0.909. The molecule has 3 heteroatoms. The molecule has 0 spiro atoms. The molecule has 0 aliphatic heterocycles. The molecule has 11 rings (SSSR count). The fourth-order valence-corrected chi connectivity index (χ4v) is 9.27. The quantitative estimate of drug-likeness (QED) is 0.188. The van der Waals surface area contributed by atoms with Gasteiger partial charge in [-0.05, 0) is 63.4 Å². The van der Waals surface area contributed by atoms with Crippen molar-refractivity contribution in [2.45, 2.75) is 0 Å². The number of hydrogen-bond donors (Lipinski definition) is 0. The average molecular weight is 642 g/mol. The fraction of sp³-hybridized carbons (Fsp3) is 0. The first-order valence-corrected chi connectivity index (χ1v) is 17.5. The molecule has 3 heterocycles. The van der Waals surface area contributed by atoms with Crippen LogP contribution in [0, 0.1) is 0 Å². The van der Waals surface area contributed by atoms with E-state index in [-0.39, 0.29) is 0 Å². The van der Waals surface area contributed by atoms with Crippen LogP contribution in [-0.4, -0.2) is 4.57 Å². The van der Waals surface area contributed by atoms with Crippen LogP contribution in [0.2, 0.25) is 0 Å². The van der Waals surface area contributed by atoms with Crippen molar-refractivity contribution < 1.29 is 4.42 Å². The number of furan rings is 1. The summed E-state index contributed by atoms with van der Waals surface area (Å²) < 4.78 is 11.8. The summed E-state index contributed by atoms with van der Waals surface area (Å²) in [6.45, 7) is 0. The fourth-order valence-electron chi connectivity index (χ4n) is 8.04. The topological polar surface area (TPSA) is 18.1 Å². The smallest absolute Gasteiger partial charge is 0.160 e. The van der Waals surface area contributed by atoms with E-state index < -0.39 is 0 Å². The molecule has 0 aliphatic carbocycles. The summed E-state index contributed by atoms with van der Waals surface area (Å²) in [4.78, 5) is 0. The highest BCUT2D eigenvalue weighted by Gasteiger charge is 2.23. The minimum Gasteiger partial charge on any atom is -0.454 e. The van der Waals surface area contributed by atoms with Crippen molar-refractivity contribution in [2.75, 3.05) is 0 Å². The van der Waals surface area contributed by atoms with Gasteiger partial charge in [0.2, 0.25) is 0 Å². The Hall–Kier alpha value is -6.16. The van der Waals surface area contributed by atoms with E-state index in [9.17, 15) is 0 Å². The average Bonchev–Trinajstić information content (AvgIpc) is 3.85. The predicted octanol–water partition coefficient (Wildman–Crippen LogP) is 13.5. The van der Waals surface area contributed by atoms with Crippen LogP contribution in [0.25, 0.3) is 103 Å². The molecule has 3 aromatic heterocycles. The normalized spacial score (nSPS) is 12.1. The SMILES string of the molecule is c1cc(-c2ccc(-c3cccc4c3sc3ccccc34)cc2)cc(-n2c3ccccc3c3c4ccccc4c4c5ccccc5oc4c32)c1. The number of rotatable bonds is 3. The third kappa shape index (κ3) is 3.82. The highest BCUT2D eigenvalue weighted by molar-refractivity contribution is 7.26. The summed E-state index contributed by atoms with van der Waals surface area (Å²) in [5, 5.41) is 9.88. The Morgan fingerprint density at radius 2 is 1.10 bits per heavy atom. The van der Waals surface area contributed by atoms with Crippen LogP contribution in [0.3, 0.4) is 0 Å². The second kappa shape index (κ2) is 10.2. The van der Waals surface area contributed by atoms with Gasteiger partial charge in [0, 0.05) is 47.4 Å². The van der Waals surface area contributed by atoms with E-state index in [1.54, 1.807) is 0 Å². The van der Waals surface area contributed by atoms with Gasteiger partial charge in [-0.25, -0.2) is 0 Å².